The molecule has 0 aliphatic carbocycles. The zero-order valence-electron chi connectivity index (χ0n) is 14.7. The monoisotopic (exact) mass is 342 g/mol. The molecule has 1 amide bonds. The number of nitrogens with zero attached hydrogens (tertiary/aromatic N) is 1. The Morgan fingerprint density at radius 2 is 2.20 bits per heavy atom. The third-order valence-corrected chi connectivity index (χ3v) is 4.03. The molecule has 1 aromatic carbocycles. The summed E-state index contributed by atoms with van der Waals surface area (Å²) in [4.78, 5) is 23.7. The molecule has 1 heterocycles. The third-order valence-electron chi connectivity index (χ3n) is 4.03. The zero-order chi connectivity index (χ0) is 18.4. The first-order valence-corrected chi connectivity index (χ1v) is 8.34. The van der Waals surface area contributed by atoms with Crippen LogP contribution in [0.1, 0.15) is 39.2 Å². The van der Waals surface area contributed by atoms with Crippen molar-refractivity contribution in [2.45, 2.75) is 39.7 Å². The Balaban J connectivity index is 2.24. The number of nitriles is 1. The molecule has 1 aliphatic rings. The number of rotatable bonds is 6. The molecule has 132 valence electrons. The lowest BCUT2D eigenvalue weighted by Gasteiger charge is -2.23. The van der Waals surface area contributed by atoms with Crippen LogP contribution in [0.5, 0.6) is 5.75 Å². The molecule has 2 rings (SSSR count). The Kier molecular flexibility index (Phi) is 6.18. The smallest absolute Gasteiger partial charge is 0.347 e. The molecular formula is C19H22N2O4. The molecule has 2 atom stereocenters. The Hall–Kier alpha value is -2.81. The van der Waals surface area contributed by atoms with Crippen molar-refractivity contribution < 1.29 is 19.1 Å². The van der Waals surface area contributed by atoms with E-state index in [1.807, 2.05) is 38.1 Å². The van der Waals surface area contributed by atoms with Gasteiger partial charge in [0.25, 0.3) is 0 Å². The number of carbonyl (C=O) groups is 2. The fraction of sp³-hybridized carbons (Fsp3) is 0.421. The summed E-state index contributed by atoms with van der Waals surface area (Å²) in [7, 11) is 0. The zero-order valence-corrected chi connectivity index (χ0v) is 14.7. The lowest BCUT2D eigenvalue weighted by atomic mass is 9.90. The molecule has 6 nitrogen and oxygen atoms in total. The molecule has 0 fully saturated rings. The van der Waals surface area contributed by atoms with E-state index < -0.39 is 12.0 Å². The lowest BCUT2D eigenvalue weighted by molar-refractivity contribution is -0.151. The number of nitrogens with one attached hydrogen (secondary N) is 1. The van der Waals surface area contributed by atoms with Gasteiger partial charge in [0.05, 0.1) is 12.7 Å². The minimum absolute atomic E-state index is 0.274. The van der Waals surface area contributed by atoms with Crippen LogP contribution < -0.4 is 10.1 Å². The highest BCUT2D eigenvalue weighted by Crippen LogP contribution is 2.31. The number of esters is 1. The molecule has 0 bridgehead atoms. The highest BCUT2D eigenvalue weighted by molar-refractivity contribution is 5.90. The molecule has 0 spiro atoms. The standard InChI is InChI=1S/C19H22N2O4/c1-4-17(19(23)24-5-2)25-15-8-6-7-13(9-15)16-10-14(11-20)18(22)21-12(16)3/h6-9,14,17H,4-5,10H2,1-3H3,(H,21,22). The Bertz CT molecular complexity index is 733. The van der Waals surface area contributed by atoms with E-state index in [-0.39, 0.29) is 11.9 Å². The maximum Gasteiger partial charge on any atom is 0.347 e. The number of hydrogen-bond acceptors (Lipinski definition) is 5. The first-order valence-electron chi connectivity index (χ1n) is 8.34. The molecule has 0 radical (unpaired) electrons. The highest BCUT2D eigenvalue weighted by atomic mass is 16.6. The van der Waals surface area contributed by atoms with E-state index in [9.17, 15) is 9.59 Å². The molecule has 1 aromatic rings. The molecule has 0 aromatic heterocycles. The summed E-state index contributed by atoms with van der Waals surface area (Å²) < 4.78 is 10.8. The maximum absolute atomic E-state index is 11.9. The van der Waals surface area contributed by atoms with Crippen molar-refractivity contribution >= 4 is 17.4 Å². The number of amides is 1. The molecular weight excluding hydrogens is 320 g/mol. The van der Waals surface area contributed by atoms with Gasteiger partial charge in [-0.3, -0.25) is 4.79 Å². The van der Waals surface area contributed by atoms with Gasteiger partial charge in [-0.05, 0) is 50.0 Å². The number of hydrogen-bond donors (Lipinski definition) is 1. The highest BCUT2D eigenvalue weighted by Gasteiger charge is 2.27. The van der Waals surface area contributed by atoms with E-state index in [1.54, 1.807) is 13.0 Å². The van der Waals surface area contributed by atoms with E-state index in [0.717, 1.165) is 16.8 Å². The topological polar surface area (TPSA) is 88.4 Å². The van der Waals surface area contributed by atoms with Crippen LogP contribution in [0.15, 0.2) is 30.0 Å². The van der Waals surface area contributed by atoms with E-state index >= 15 is 0 Å². The van der Waals surface area contributed by atoms with Gasteiger partial charge in [-0.1, -0.05) is 19.1 Å². The van der Waals surface area contributed by atoms with Gasteiger partial charge in [0.15, 0.2) is 6.10 Å². The van der Waals surface area contributed by atoms with Crippen molar-refractivity contribution in [2.75, 3.05) is 6.61 Å². The van der Waals surface area contributed by atoms with Gasteiger partial charge >= 0.3 is 5.97 Å². The average Bonchev–Trinajstić information content (AvgIpc) is 2.60. The number of benzene rings is 1. The van der Waals surface area contributed by atoms with Gasteiger partial charge in [-0.25, -0.2) is 4.79 Å². The van der Waals surface area contributed by atoms with Gasteiger partial charge in [-0.2, -0.15) is 5.26 Å². The minimum Gasteiger partial charge on any atom is -0.479 e. The summed E-state index contributed by atoms with van der Waals surface area (Å²) in [5, 5.41) is 11.9. The molecule has 1 aliphatic heterocycles. The molecule has 25 heavy (non-hydrogen) atoms. The number of ether oxygens (including phenoxy) is 2. The largest absolute Gasteiger partial charge is 0.479 e. The minimum atomic E-state index is -0.703. The van der Waals surface area contributed by atoms with Crippen LogP contribution in [0.25, 0.3) is 5.57 Å². The average molecular weight is 342 g/mol. The van der Waals surface area contributed by atoms with Crippen LogP contribution in [-0.2, 0) is 14.3 Å². The lowest BCUT2D eigenvalue weighted by Crippen LogP contribution is -2.33. The van der Waals surface area contributed by atoms with Crippen LogP contribution >= 0.6 is 0 Å². The predicted molar refractivity (Wildman–Crippen MR) is 92.2 cm³/mol. The first-order chi connectivity index (χ1) is 12.0. The van der Waals surface area contributed by atoms with Crippen molar-refractivity contribution in [2.24, 2.45) is 5.92 Å². The molecule has 1 N–H and O–H groups in total. The van der Waals surface area contributed by atoms with Crippen LogP contribution in [0.3, 0.4) is 0 Å². The van der Waals surface area contributed by atoms with Crippen molar-refractivity contribution in [3.63, 3.8) is 0 Å². The van der Waals surface area contributed by atoms with E-state index in [1.165, 1.54) is 0 Å². The predicted octanol–water partition coefficient (Wildman–Crippen LogP) is 2.80. The van der Waals surface area contributed by atoms with Crippen LogP contribution in [-0.4, -0.2) is 24.6 Å². The van der Waals surface area contributed by atoms with Crippen molar-refractivity contribution in [3.05, 3.63) is 35.5 Å². The summed E-state index contributed by atoms with van der Waals surface area (Å²) in [5.41, 5.74) is 2.47. The molecule has 2 unspecified atom stereocenters. The second-order valence-electron chi connectivity index (χ2n) is 5.77. The van der Waals surface area contributed by atoms with E-state index in [4.69, 9.17) is 14.7 Å². The van der Waals surface area contributed by atoms with Gasteiger partial charge in [0.1, 0.15) is 11.7 Å². The first kappa shape index (κ1) is 18.5. The van der Waals surface area contributed by atoms with E-state index in [0.29, 0.717) is 25.2 Å². The number of carbonyl (C=O) groups excluding carboxylic acids is 2. The fourth-order valence-corrected chi connectivity index (χ4v) is 2.69. The summed E-state index contributed by atoms with van der Waals surface area (Å²) >= 11 is 0. The second-order valence-corrected chi connectivity index (χ2v) is 5.77. The van der Waals surface area contributed by atoms with Crippen molar-refractivity contribution in [1.29, 1.82) is 5.26 Å². The Labute approximate surface area is 147 Å². The van der Waals surface area contributed by atoms with Gasteiger partial charge < -0.3 is 14.8 Å². The van der Waals surface area contributed by atoms with Crippen molar-refractivity contribution in [3.8, 4) is 11.8 Å². The van der Waals surface area contributed by atoms with Gasteiger partial charge in [0.2, 0.25) is 5.91 Å². The molecule has 6 heteroatoms. The molecule has 0 saturated carbocycles. The quantitative estimate of drug-likeness (QED) is 0.803. The Morgan fingerprint density at radius 3 is 2.84 bits per heavy atom. The van der Waals surface area contributed by atoms with Crippen molar-refractivity contribution in [1.82, 2.24) is 5.32 Å². The van der Waals surface area contributed by atoms with Crippen LogP contribution in [0, 0.1) is 17.2 Å². The fourth-order valence-electron chi connectivity index (χ4n) is 2.69. The summed E-state index contributed by atoms with van der Waals surface area (Å²) in [6.07, 6.45) is 0.188. The van der Waals surface area contributed by atoms with Gasteiger partial charge in [-0.15, -0.1) is 0 Å². The van der Waals surface area contributed by atoms with Crippen LogP contribution in [0.2, 0.25) is 0 Å². The maximum atomic E-state index is 11.9. The second kappa shape index (κ2) is 8.34. The third kappa shape index (κ3) is 4.38. The normalized spacial score (nSPS) is 18.2. The SMILES string of the molecule is CCOC(=O)C(CC)Oc1cccc(C2=C(C)NC(=O)C(C#N)C2)c1. The summed E-state index contributed by atoms with van der Waals surface area (Å²) in [6.45, 7) is 5.72. The molecule has 0 saturated heterocycles. The van der Waals surface area contributed by atoms with Gasteiger partial charge in [0, 0.05) is 5.70 Å². The Morgan fingerprint density at radius 1 is 1.44 bits per heavy atom. The van der Waals surface area contributed by atoms with E-state index in [2.05, 4.69) is 5.32 Å². The summed E-state index contributed by atoms with van der Waals surface area (Å²) in [5.74, 6) is -0.820. The van der Waals surface area contributed by atoms with Crippen LogP contribution in [0.4, 0.5) is 0 Å². The summed E-state index contributed by atoms with van der Waals surface area (Å²) in [6, 6.07) is 9.31. The number of allylic oxidation sites excluding steroid dienone is 2.